The Morgan fingerprint density at radius 1 is 1.47 bits per heavy atom. The molecule has 0 spiro atoms. The first kappa shape index (κ1) is 12.2. The van der Waals surface area contributed by atoms with Gasteiger partial charge in [-0.3, -0.25) is 4.79 Å². The monoisotopic (exact) mass is 260 g/mol. The third kappa shape index (κ3) is 2.46. The van der Waals surface area contributed by atoms with Gasteiger partial charge in [0.05, 0.1) is 12.5 Å². The molecule has 1 aromatic carbocycles. The molecule has 100 valence electrons. The van der Waals surface area contributed by atoms with Crippen molar-refractivity contribution in [3.8, 4) is 0 Å². The second-order valence-electron chi connectivity index (χ2n) is 4.89. The highest BCUT2D eigenvalue weighted by atomic mass is 16.5. The molecule has 0 aromatic heterocycles. The number of carboxylic acid groups (broad SMARTS) is 1. The van der Waals surface area contributed by atoms with Gasteiger partial charge in [-0.25, -0.2) is 4.99 Å². The third-order valence-corrected chi connectivity index (χ3v) is 3.60. The molecule has 1 saturated heterocycles. The highest BCUT2D eigenvalue weighted by molar-refractivity contribution is 5.95. The molecule has 3 rings (SSSR count). The SMILES string of the molecule is O=C(O)C1CNC(c2cccc(C3=NCCO3)c2)C1. The lowest BCUT2D eigenvalue weighted by Gasteiger charge is -2.12. The van der Waals surface area contributed by atoms with E-state index in [1.165, 1.54) is 0 Å². The summed E-state index contributed by atoms with van der Waals surface area (Å²) >= 11 is 0. The van der Waals surface area contributed by atoms with Crippen LogP contribution in [0.1, 0.15) is 23.6 Å². The van der Waals surface area contributed by atoms with Crippen LogP contribution in [0, 0.1) is 5.92 Å². The van der Waals surface area contributed by atoms with Gasteiger partial charge in [-0.1, -0.05) is 12.1 Å². The zero-order chi connectivity index (χ0) is 13.2. The van der Waals surface area contributed by atoms with Crippen LogP contribution in [0.2, 0.25) is 0 Å². The summed E-state index contributed by atoms with van der Waals surface area (Å²) in [6, 6.07) is 8.08. The van der Waals surface area contributed by atoms with Crippen LogP contribution in [-0.2, 0) is 9.53 Å². The number of benzene rings is 1. The smallest absolute Gasteiger partial charge is 0.307 e. The zero-order valence-corrected chi connectivity index (χ0v) is 10.5. The first-order valence-electron chi connectivity index (χ1n) is 6.48. The van der Waals surface area contributed by atoms with Crippen molar-refractivity contribution in [1.82, 2.24) is 5.32 Å². The Morgan fingerprint density at radius 2 is 2.37 bits per heavy atom. The Morgan fingerprint density at radius 3 is 3.05 bits per heavy atom. The van der Waals surface area contributed by atoms with E-state index in [2.05, 4.69) is 10.3 Å². The summed E-state index contributed by atoms with van der Waals surface area (Å²) in [5.41, 5.74) is 2.06. The van der Waals surface area contributed by atoms with E-state index in [-0.39, 0.29) is 12.0 Å². The van der Waals surface area contributed by atoms with E-state index >= 15 is 0 Å². The Bertz CT molecular complexity index is 527. The summed E-state index contributed by atoms with van der Waals surface area (Å²) in [4.78, 5) is 15.3. The van der Waals surface area contributed by atoms with Crippen molar-refractivity contribution >= 4 is 11.9 Å². The van der Waals surface area contributed by atoms with Crippen molar-refractivity contribution in [3.63, 3.8) is 0 Å². The number of aliphatic imine (C=N–C) groups is 1. The molecule has 1 aromatic rings. The highest BCUT2D eigenvalue weighted by Gasteiger charge is 2.30. The maximum Gasteiger partial charge on any atom is 0.307 e. The summed E-state index contributed by atoms with van der Waals surface area (Å²) in [6.07, 6.45) is 0.631. The maximum atomic E-state index is 11.0. The highest BCUT2D eigenvalue weighted by Crippen LogP contribution is 2.28. The van der Waals surface area contributed by atoms with Crippen molar-refractivity contribution in [2.45, 2.75) is 12.5 Å². The van der Waals surface area contributed by atoms with Crippen LogP contribution in [-0.4, -0.2) is 36.7 Å². The molecule has 19 heavy (non-hydrogen) atoms. The second kappa shape index (κ2) is 5.01. The average molecular weight is 260 g/mol. The maximum absolute atomic E-state index is 11.0. The van der Waals surface area contributed by atoms with E-state index in [9.17, 15) is 4.79 Å². The van der Waals surface area contributed by atoms with E-state index in [4.69, 9.17) is 9.84 Å². The molecule has 5 nitrogen and oxygen atoms in total. The number of rotatable bonds is 3. The number of hydrogen-bond donors (Lipinski definition) is 2. The first-order chi connectivity index (χ1) is 9.24. The van der Waals surface area contributed by atoms with E-state index < -0.39 is 5.97 Å². The number of carbonyl (C=O) groups is 1. The number of carboxylic acids is 1. The average Bonchev–Trinajstić information content (AvgIpc) is 3.10. The third-order valence-electron chi connectivity index (χ3n) is 3.60. The lowest BCUT2D eigenvalue weighted by atomic mass is 9.98. The molecule has 5 heteroatoms. The molecular weight excluding hydrogens is 244 g/mol. The topological polar surface area (TPSA) is 70.9 Å². The summed E-state index contributed by atoms with van der Waals surface area (Å²) < 4.78 is 5.45. The van der Waals surface area contributed by atoms with Crippen molar-refractivity contribution in [3.05, 3.63) is 35.4 Å². The van der Waals surface area contributed by atoms with Gasteiger partial charge in [-0.2, -0.15) is 0 Å². The minimum absolute atomic E-state index is 0.100. The fourth-order valence-electron chi connectivity index (χ4n) is 2.58. The molecule has 2 unspecified atom stereocenters. The van der Waals surface area contributed by atoms with Crippen LogP contribution >= 0.6 is 0 Å². The largest absolute Gasteiger partial charge is 0.481 e. The van der Waals surface area contributed by atoms with E-state index in [0.29, 0.717) is 32.0 Å². The van der Waals surface area contributed by atoms with Gasteiger partial charge in [0, 0.05) is 18.2 Å². The Balaban J connectivity index is 1.78. The van der Waals surface area contributed by atoms with Gasteiger partial charge in [0.1, 0.15) is 6.61 Å². The van der Waals surface area contributed by atoms with Gasteiger partial charge in [-0.15, -0.1) is 0 Å². The number of nitrogens with zero attached hydrogens (tertiary/aromatic N) is 1. The van der Waals surface area contributed by atoms with Crippen LogP contribution in [0.4, 0.5) is 0 Å². The summed E-state index contributed by atoms with van der Waals surface area (Å²) in [6.45, 7) is 1.88. The van der Waals surface area contributed by atoms with Crippen LogP contribution in [0.15, 0.2) is 29.3 Å². The van der Waals surface area contributed by atoms with Gasteiger partial charge in [0.2, 0.25) is 5.90 Å². The molecule has 0 radical (unpaired) electrons. The van der Waals surface area contributed by atoms with E-state index in [0.717, 1.165) is 11.1 Å². The number of ether oxygens (including phenoxy) is 1. The Labute approximate surface area is 111 Å². The minimum atomic E-state index is -0.727. The lowest BCUT2D eigenvalue weighted by molar-refractivity contribution is -0.141. The molecule has 0 bridgehead atoms. The van der Waals surface area contributed by atoms with Crippen molar-refractivity contribution < 1.29 is 14.6 Å². The quantitative estimate of drug-likeness (QED) is 0.856. The van der Waals surface area contributed by atoms with Crippen LogP contribution < -0.4 is 5.32 Å². The molecule has 1 fully saturated rings. The zero-order valence-electron chi connectivity index (χ0n) is 10.5. The minimum Gasteiger partial charge on any atom is -0.481 e. The molecule has 2 aliphatic rings. The van der Waals surface area contributed by atoms with Gasteiger partial charge < -0.3 is 15.2 Å². The van der Waals surface area contributed by atoms with Crippen LogP contribution in [0.25, 0.3) is 0 Å². The van der Waals surface area contributed by atoms with Gasteiger partial charge in [0.15, 0.2) is 0 Å². The number of aliphatic carboxylic acids is 1. The molecule has 2 aliphatic heterocycles. The summed E-state index contributed by atoms with van der Waals surface area (Å²) in [7, 11) is 0. The Hall–Kier alpha value is -1.88. The standard InChI is InChI=1S/C14H16N2O3/c17-14(18)11-7-12(16-8-11)9-2-1-3-10(6-9)13-15-4-5-19-13/h1-3,6,11-12,16H,4-5,7-8H2,(H,17,18). The van der Waals surface area contributed by atoms with Crippen molar-refractivity contribution in [2.24, 2.45) is 10.9 Å². The van der Waals surface area contributed by atoms with E-state index in [1.807, 2.05) is 24.3 Å². The second-order valence-corrected chi connectivity index (χ2v) is 4.89. The first-order valence-corrected chi connectivity index (χ1v) is 6.48. The molecule has 0 aliphatic carbocycles. The lowest BCUT2D eigenvalue weighted by Crippen LogP contribution is -2.17. The van der Waals surface area contributed by atoms with Crippen molar-refractivity contribution in [2.75, 3.05) is 19.7 Å². The van der Waals surface area contributed by atoms with Gasteiger partial charge >= 0.3 is 5.97 Å². The fourth-order valence-corrected chi connectivity index (χ4v) is 2.58. The van der Waals surface area contributed by atoms with Gasteiger partial charge in [0.25, 0.3) is 0 Å². The molecule has 0 amide bonds. The summed E-state index contributed by atoms with van der Waals surface area (Å²) in [5, 5.41) is 12.3. The molecule has 2 heterocycles. The molecule has 2 atom stereocenters. The normalized spacial score (nSPS) is 26.0. The number of nitrogens with one attached hydrogen (secondary N) is 1. The predicted molar refractivity (Wildman–Crippen MR) is 70.3 cm³/mol. The van der Waals surface area contributed by atoms with Crippen molar-refractivity contribution in [1.29, 1.82) is 0 Å². The number of hydrogen-bond acceptors (Lipinski definition) is 4. The molecular formula is C14H16N2O3. The fraction of sp³-hybridized carbons (Fsp3) is 0.429. The summed E-state index contributed by atoms with van der Waals surface area (Å²) in [5.74, 6) is -0.335. The van der Waals surface area contributed by atoms with Crippen LogP contribution in [0.5, 0.6) is 0 Å². The van der Waals surface area contributed by atoms with Gasteiger partial charge in [-0.05, 0) is 24.1 Å². The Kier molecular flexibility index (Phi) is 3.21. The molecule has 2 N–H and O–H groups in total. The van der Waals surface area contributed by atoms with E-state index in [1.54, 1.807) is 0 Å². The predicted octanol–water partition coefficient (Wildman–Crippen LogP) is 1.20. The molecule has 0 saturated carbocycles. The van der Waals surface area contributed by atoms with Crippen LogP contribution in [0.3, 0.4) is 0 Å².